The molecule has 1 N–H and O–H groups in total. The van der Waals surface area contributed by atoms with Crippen molar-refractivity contribution in [3.8, 4) is 11.5 Å². The molecular formula is C15H11BrF3NO2. The summed E-state index contributed by atoms with van der Waals surface area (Å²) >= 11 is 3.39. The molecule has 0 bridgehead atoms. The Balaban J connectivity index is 1.83. The summed E-state index contributed by atoms with van der Waals surface area (Å²) in [5.41, 5.74) is 1.44. The van der Waals surface area contributed by atoms with Crippen LogP contribution in [0.25, 0.3) is 0 Å². The Morgan fingerprint density at radius 3 is 2.73 bits per heavy atom. The van der Waals surface area contributed by atoms with Crippen LogP contribution in [0.4, 0.5) is 18.9 Å². The van der Waals surface area contributed by atoms with Crippen LogP contribution in [0.3, 0.4) is 0 Å². The third-order valence-electron chi connectivity index (χ3n) is 3.19. The fraction of sp³-hybridized carbons (Fsp3) is 0.200. The number of para-hydroxylation sites is 1. The van der Waals surface area contributed by atoms with Crippen molar-refractivity contribution >= 4 is 21.6 Å². The van der Waals surface area contributed by atoms with E-state index in [2.05, 4.69) is 26.0 Å². The molecular weight excluding hydrogens is 363 g/mol. The number of rotatable bonds is 2. The van der Waals surface area contributed by atoms with E-state index in [1.54, 1.807) is 6.07 Å². The maximum Gasteiger partial charge on any atom is 0.573 e. The second kappa shape index (κ2) is 5.72. The van der Waals surface area contributed by atoms with Crippen LogP contribution in [-0.2, 0) is 0 Å². The lowest BCUT2D eigenvalue weighted by atomic mass is 10.1. The number of alkyl halides is 3. The zero-order valence-corrected chi connectivity index (χ0v) is 12.7. The largest absolute Gasteiger partial charge is 0.573 e. The molecule has 22 heavy (non-hydrogen) atoms. The van der Waals surface area contributed by atoms with Crippen molar-refractivity contribution in [1.82, 2.24) is 0 Å². The van der Waals surface area contributed by atoms with Gasteiger partial charge in [0, 0.05) is 0 Å². The topological polar surface area (TPSA) is 30.5 Å². The molecule has 3 nitrogen and oxygen atoms in total. The predicted molar refractivity (Wildman–Crippen MR) is 79.1 cm³/mol. The second-order valence-electron chi connectivity index (χ2n) is 4.74. The van der Waals surface area contributed by atoms with Gasteiger partial charge in [0.1, 0.15) is 12.4 Å². The Morgan fingerprint density at radius 2 is 1.95 bits per heavy atom. The molecule has 0 radical (unpaired) electrons. The molecule has 116 valence electrons. The molecule has 0 unspecified atom stereocenters. The molecule has 2 aromatic carbocycles. The third-order valence-corrected chi connectivity index (χ3v) is 3.81. The van der Waals surface area contributed by atoms with Crippen LogP contribution in [0.15, 0.2) is 46.9 Å². The number of ether oxygens (including phenoxy) is 2. The van der Waals surface area contributed by atoms with E-state index in [0.717, 1.165) is 10.2 Å². The fourth-order valence-electron chi connectivity index (χ4n) is 2.27. The summed E-state index contributed by atoms with van der Waals surface area (Å²) in [4.78, 5) is 0. The van der Waals surface area contributed by atoms with E-state index in [9.17, 15) is 13.2 Å². The van der Waals surface area contributed by atoms with E-state index >= 15 is 0 Å². The highest BCUT2D eigenvalue weighted by molar-refractivity contribution is 9.10. The minimum absolute atomic E-state index is 0.244. The molecule has 0 saturated heterocycles. The number of anilines is 1. The van der Waals surface area contributed by atoms with Crippen molar-refractivity contribution in [2.45, 2.75) is 12.4 Å². The highest BCUT2D eigenvalue weighted by atomic mass is 79.9. The molecule has 1 aliphatic rings. The number of fused-ring (bicyclic) bond motifs is 1. The van der Waals surface area contributed by atoms with Gasteiger partial charge in [0.05, 0.1) is 16.2 Å². The number of hydrogen-bond acceptors (Lipinski definition) is 3. The van der Waals surface area contributed by atoms with E-state index in [0.29, 0.717) is 17.9 Å². The maximum absolute atomic E-state index is 12.3. The van der Waals surface area contributed by atoms with E-state index < -0.39 is 6.36 Å². The van der Waals surface area contributed by atoms with Crippen LogP contribution < -0.4 is 14.8 Å². The molecule has 2 aromatic rings. The van der Waals surface area contributed by atoms with Crippen LogP contribution in [-0.4, -0.2) is 13.0 Å². The van der Waals surface area contributed by atoms with Gasteiger partial charge in [-0.3, -0.25) is 0 Å². The lowest BCUT2D eigenvalue weighted by Crippen LogP contribution is -2.24. The normalized spacial score (nSPS) is 17.2. The molecule has 0 aromatic heterocycles. The second-order valence-corrected chi connectivity index (χ2v) is 5.60. The van der Waals surface area contributed by atoms with Crippen molar-refractivity contribution in [3.63, 3.8) is 0 Å². The fourth-order valence-corrected chi connectivity index (χ4v) is 2.75. The van der Waals surface area contributed by atoms with Crippen LogP contribution in [0.5, 0.6) is 11.5 Å². The molecule has 1 atom stereocenters. The molecule has 3 rings (SSSR count). The van der Waals surface area contributed by atoms with Crippen molar-refractivity contribution in [1.29, 1.82) is 0 Å². The molecule has 1 aliphatic heterocycles. The molecule has 7 heteroatoms. The number of benzene rings is 2. The summed E-state index contributed by atoms with van der Waals surface area (Å²) in [6, 6.07) is 11.2. The number of nitrogens with one attached hydrogen (secondary N) is 1. The molecule has 0 spiro atoms. The summed E-state index contributed by atoms with van der Waals surface area (Å²) in [6.07, 6.45) is -4.70. The van der Waals surface area contributed by atoms with Gasteiger partial charge in [0.25, 0.3) is 0 Å². The number of hydrogen-bond donors (Lipinski definition) is 1. The van der Waals surface area contributed by atoms with Gasteiger partial charge in [-0.25, -0.2) is 0 Å². The Bertz CT molecular complexity index is 691. The van der Waals surface area contributed by atoms with Gasteiger partial charge in [-0.2, -0.15) is 0 Å². The van der Waals surface area contributed by atoms with Crippen molar-refractivity contribution in [2.24, 2.45) is 0 Å². The third kappa shape index (κ3) is 3.30. The average Bonchev–Trinajstić information content (AvgIpc) is 2.46. The first-order valence-electron chi connectivity index (χ1n) is 6.46. The van der Waals surface area contributed by atoms with Gasteiger partial charge in [0.2, 0.25) is 0 Å². The molecule has 0 saturated carbocycles. The van der Waals surface area contributed by atoms with E-state index in [4.69, 9.17) is 4.74 Å². The first-order valence-corrected chi connectivity index (χ1v) is 7.25. The summed E-state index contributed by atoms with van der Waals surface area (Å²) in [7, 11) is 0. The Morgan fingerprint density at radius 1 is 1.18 bits per heavy atom. The highest BCUT2D eigenvalue weighted by Gasteiger charge is 2.31. The summed E-state index contributed by atoms with van der Waals surface area (Å²) in [5, 5.41) is 3.25. The van der Waals surface area contributed by atoms with Crippen LogP contribution in [0.2, 0.25) is 0 Å². The number of halogens is 4. The van der Waals surface area contributed by atoms with Gasteiger partial charge >= 0.3 is 6.36 Å². The van der Waals surface area contributed by atoms with Crippen LogP contribution in [0, 0.1) is 0 Å². The Hall–Kier alpha value is -1.89. The summed E-state index contributed by atoms with van der Waals surface area (Å²) in [6.45, 7) is 0.311. The van der Waals surface area contributed by atoms with Crippen molar-refractivity contribution < 1.29 is 22.6 Å². The Labute approximate surface area is 133 Å². The highest BCUT2D eigenvalue weighted by Crippen LogP contribution is 2.39. The summed E-state index contributed by atoms with van der Waals surface area (Å²) < 4.78 is 47.3. The predicted octanol–water partition coefficient (Wildman–Crippen LogP) is 4.89. The maximum atomic E-state index is 12.3. The average molecular weight is 374 g/mol. The lowest BCUT2D eigenvalue weighted by Gasteiger charge is -2.28. The van der Waals surface area contributed by atoms with Crippen molar-refractivity contribution in [3.05, 3.63) is 52.5 Å². The van der Waals surface area contributed by atoms with E-state index in [1.165, 1.54) is 18.2 Å². The summed E-state index contributed by atoms with van der Waals surface area (Å²) in [5.74, 6) is 0.452. The lowest BCUT2D eigenvalue weighted by molar-refractivity contribution is -0.274. The first kappa shape index (κ1) is 15.0. The Kier molecular flexibility index (Phi) is 3.90. The van der Waals surface area contributed by atoms with Gasteiger partial charge in [-0.15, -0.1) is 13.2 Å². The van der Waals surface area contributed by atoms with Gasteiger partial charge < -0.3 is 14.8 Å². The minimum atomic E-state index is -4.70. The van der Waals surface area contributed by atoms with Crippen LogP contribution >= 0.6 is 15.9 Å². The minimum Gasteiger partial charge on any atom is -0.488 e. The molecule has 1 heterocycles. The van der Waals surface area contributed by atoms with Crippen molar-refractivity contribution in [2.75, 3.05) is 11.9 Å². The van der Waals surface area contributed by atoms with Gasteiger partial charge in [0.15, 0.2) is 5.75 Å². The first-order chi connectivity index (χ1) is 10.4. The van der Waals surface area contributed by atoms with E-state index in [-0.39, 0.29) is 11.8 Å². The van der Waals surface area contributed by atoms with Gasteiger partial charge in [-0.1, -0.05) is 18.2 Å². The van der Waals surface area contributed by atoms with E-state index in [1.807, 2.05) is 18.2 Å². The smallest absolute Gasteiger partial charge is 0.488 e. The monoisotopic (exact) mass is 373 g/mol. The van der Waals surface area contributed by atoms with Gasteiger partial charge in [-0.05, 0) is 45.8 Å². The molecule has 0 fully saturated rings. The quantitative estimate of drug-likeness (QED) is 0.812. The van der Waals surface area contributed by atoms with Crippen LogP contribution in [0.1, 0.15) is 11.6 Å². The SMILES string of the molecule is FC(F)(F)Oc1cccc([C@H]2COc3c(Br)cccc3N2)c1. The zero-order valence-electron chi connectivity index (χ0n) is 11.2. The molecule has 0 amide bonds. The zero-order chi connectivity index (χ0) is 15.7. The standard InChI is InChI=1S/C15H11BrF3NO2/c16-11-5-2-6-12-14(11)21-8-13(20-12)9-3-1-4-10(7-9)22-15(17,18)19/h1-7,13,20H,8H2/t13-/m1/s1. The molecule has 0 aliphatic carbocycles.